The summed E-state index contributed by atoms with van der Waals surface area (Å²) in [5, 5.41) is 3.32. The molecule has 0 radical (unpaired) electrons. The van der Waals surface area contributed by atoms with E-state index in [0.717, 1.165) is 43.6 Å². The van der Waals surface area contributed by atoms with Crippen LogP contribution in [0.15, 0.2) is 23.1 Å². The molecule has 1 aromatic rings. The van der Waals surface area contributed by atoms with Crippen molar-refractivity contribution in [1.29, 1.82) is 0 Å². The molecular weight excluding hydrogens is 432 g/mol. The van der Waals surface area contributed by atoms with Crippen molar-refractivity contribution >= 4 is 15.9 Å². The topological polar surface area (TPSA) is 66.5 Å². The van der Waals surface area contributed by atoms with Crippen molar-refractivity contribution in [2.75, 3.05) is 19.6 Å². The van der Waals surface area contributed by atoms with Crippen LogP contribution in [-0.4, -0.2) is 38.3 Å². The van der Waals surface area contributed by atoms with E-state index in [-0.39, 0.29) is 11.8 Å². The van der Waals surface area contributed by atoms with E-state index >= 15 is 0 Å². The molecule has 5 fully saturated rings. The number of nitrogens with zero attached hydrogens (tertiary/aromatic N) is 1. The Morgan fingerprint density at radius 3 is 2.18 bits per heavy atom. The third-order valence-corrected chi connectivity index (χ3v) is 11.5. The molecule has 4 bridgehead atoms. The molecule has 1 heterocycles. The summed E-state index contributed by atoms with van der Waals surface area (Å²) in [6, 6.07) is 5.68. The number of piperidine rings is 1. The SMILES string of the molecule is O=C(NCC12CC3CC(CC(C3)C1)C2)C1CCN(S(=O)(=O)c2ccc3c(c2)CCCC3)CC1. The number of sulfonamides is 1. The third kappa shape index (κ3) is 4.16. The maximum absolute atomic E-state index is 13.3. The van der Waals surface area contributed by atoms with Crippen LogP contribution in [0, 0.1) is 29.1 Å². The lowest BCUT2D eigenvalue weighted by molar-refractivity contribution is -0.128. The predicted octanol–water partition coefficient (Wildman–Crippen LogP) is 4.30. The minimum atomic E-state index is -3.49. The van der Waals surface area contributed by atoms with Gasteiger partial charge in [0.25, 0.3) is 0 Å². The monoisotopic (exact) mass is 470 g/mol. The van der Waals surface area contributed by atoms with Gasteiger partial charge in [-0.3, -0.25) is 4.79 Å². The second-order valence-corrected chi connectivity index (χ2v) is 13.9. The van der Waals surface area contributed by atoms with Gasteiger partial charge < -0.3 is 5.32 Å². The first-order valence-electron chi connectivity index (χ1n) is 13.3. The fourth-order valence-corrected chi connectivity index (χ4v) is 9.82. The van der Waals surface area contributed by atoms with Crippen LogP contribution in [0.4, 0.5) is 0 Å². The molecular formula is C27H38N2O3S. The normalized spacial score (nSPS) is 34.2. The first kappa shape index (κ1) is 22.1. The summed E-state index contributed by atoms with van der Waals surface area (Å²) in [5.74, 6) is 2.77. The van der Waals surface area contributed by atoms with Crippen molar-refractivity contribution in [2.24, 2.45) is 29.1 Å². The number of hydrogen-bond donors (Lipinski definition) is 1. The standard InChI is InChI=1S/C27H38N2O3S/c30-26(28-18-27-15-19-11-20(16-27)13-21(12-19)17-27)23-7-9-29(10-8-23)33(31,32)25-6-5-22-3-1-2-4-24(22)14-25/h5-6,14,19-21,23H,1-4,7-13,15-18H2,(H,28,30). The average molecular weight is 471 g/mol. The van der Waals surface area contributed by atoms with Crippen LogP contribution in [0.3, 0.4) is 0 Å². The molecule has 0 unspecified atom stereocenters. The van der Waals surface area contributed by atoms with Crippen molar-refractivity contribution in [3.05, 3.63) is 29.3 Å². The lowest BCUT2D eigenvalue weighted by atomic mass is 9.49. The molecule has 0 spiro atoms. The minimum absolute atomic E-state index is 0.0612. The van der Waals surface area contributed by atoms with Crippen LogP contribution in [0.1, 0.15) is 75.3 Å². The Labute approximate surface area is 198 Å². The fraction of sp³-hybridized carbons (Fsp3) is 0.741. The third-order valence-electron chi connectivity index (χ3n) is 9.59. The zero-order valence-corrected chi connectivity index (χ0v) is 20.5. The van der Waals surface area contributed by atoms with Crippen LogP contribution in [0.2, 0.25) is 0 Å². The molecule has 0 aromatic heterocycles. The summed E-state index contributed by atoms with van der Waals surface area (Å²) in [6.07, 6.45) is 13.8. The molecule has 5 aliphatic carbocycles. The number of carbonyl (C=O) groups is 1. The van der Waals surface area contributed by atoms with Crippen LogP contribution in [-0.2, 0) is 27.7 Å². The number of rotatable bonds is 5. The second-order valence-electron chi connectivity index (χ2n) is 12.0. The Balaban J connectivity index is 1.05. The number of amides is 1. The number of nitrogens with one attached hydrogen (secondary N) is 1. The molecule has 33 heavy (non-hydrogen) atoms. The van der Waals surface area contributed by atoms with Crippen LogP contribution < -0.4 is 5.32 Å². The van der Waals surface area contributed by atoms with Gasteiger partial charge in [-0.05, 0) is 123 Å². The van der Waals surface area contributed by atoms with Crippen LogP contribution >= 0.6 is 0 Å². The van der Waals surface area contributed by atoms with Crippen molar-refractivity contribution in [1.82, 2.24) is 9.62 Å². The van der Waals surface area contributed by atoms with E-state index in [1.165, 1.54) is 56.1 Å². The van der Waals surface area contributed by atoms with Crippen LogP contribution in [0.25, 0.3) is 0 Å². The van der Waals surface area contributed by atoms with E-state index < -0.39 is 10.0 Å². The van der Waals surface area contributed by atoms with Crippen molar-refractivity contribution in [2.45, 2.75) is 81.9 Å². The zero-order chi connectivity index (χ0) is 22.6. The Morgan fingerprint density at radius 2 is 1.55 bits per heavy atom. The summed E-state index contributed by atoms with van der Waals surface area (Å²) in [6.45, 7) is 1.71. The highest BCUT2D eigenvalue weighted by atomic mass is 32.2. The van der Waals surface area contributed by atoms with E-state index in [9.17, 15) is 13.2 Å². The summed E-state index contributed by atoms with van der Waals surface area (Å²) >= 11 is 0. The highest BCUT2D eigenvalue weighted by Gasteiger charge is 2.50. The van der Waals surface area contributed by atoms with E-state index in [0.29, 0.717) is 36.2 Å². The molecule has 0 atom stereocenters. The Morgan fingerprint density at radius 1 is 0.939 bits per heavy atom. The van der Waals surface area contributed by atoms with E-state index in [1.54, 1.807) is 10.4 Å². The molecule has 180 valence electrons. The maximum atomic E-state index is 13.3. The Bertz CT molecular complexity index is 991. The fourth-order valence-electron chi connectivity index (χ4n) is 8.30. The quantitative estimate of drug-likeness (QED) is 0.698. The smallest absolute Gasteiger partial charge is 0.243 e. The first-order valence-corrected chi connectivity index (χ1v) is 14.7. The van der Waals surface area contributed by atoms with Gasteiger partial charge in [0, 0.05) is 25.6 Å². The van der Waals surface area contributed by atoms with Gasteiger partial charge in [0.2, 0.25) is 15.9 Å². The van der Waals surface area contributed by atoms with Crippen molar-refractivity contribution in [3.8, 4) is 0 Å². The lowest BCUT2D eigenvalue weighted by Crippen LogP contribution is -2.52. The van der Waals surface area contributed by atoms with E-state index in [4.69, 9.17) is 0 Å². The highest BCUT2D eigenvalue weighted by molar-refractivity contribution is 7.89. The largest absolute Gasteiger partial charge is 0.355 e. The zero-order valence-electron chi connectivity index (χ0n) is 19.7. The highest BCUT2D eigenvalue weighted by Crippen LogP contribution is 2.59. The van der Waals surface area contributed by atoms with Gasteiger partial charge in [0.1, 0.15) is 0 Å². The number of carbonyl (C=O) groups excluding carboxylic acids is 1. The predicted molar refractivity (Wildman–Crippen MR) is 128 cm³/mol. The number of fused-ring (bicyclic) bond motifs is 1. The molecule has 4 saturated carbocycles. The van der Waals surface area contributed by atoms with Gasteiger partial charge >= 0.3 is 0 Å². The number of aryl methyl sites for hydroxylation is 2. The van der Waals surface area contributed by atoms with Gasteiger partial charge in [-0.25, -0.2) is 8.42 Å². The Kier molecular flexibility index (Phi) is 5.60. The summed E-state index contributed by atoms with van der Waals surface area (Å²) in [7, 11) is -3.49. The van der Waals surface area contributed by atoms with E-state index in [2.05, 4.69) is 5.32 Å². The van der Waals surface area contributed by atoms with Gasteiger partial charge in [0.15, 0.2) is 0 Å². The number of hydrogen-bond acceptors (Lipinski definition) is 3. The molecule has 1 aliphatic heterocycles. The van der Waals surface area contributed by atoms with Gasteiger partial charge in [-0.1, -0.05) is 6.07 Å². The van der Waals surface area contributed by atoms with Gasteiger partial charge in [-0.15, -0.1) is 0 Å². The number of benzene rings is 1. The maximum Gasteiger partial charge on any atom is 0.243 e. The summed E-state index contributed by atoms with van der Waals surface area (Å²) in [5.41, 5.74) is 2.84. The molecule has 1 N–H and O–H groups in total. The van der Waals surface area contributed by atoms with Gasteiger partial charge in [-0.2, -0.15) is 4.31 Å². The molecule has 7 rings (SSSR count). The molecule has 6 heteroatoms. The van der Waals surface area contributed by atoms with Crippen LogP contribution in [0.5, 0.6) is 0 Å². The molecule has 1 aromatic carbocycles. The summed E-state index contributed by atoms with van der Waals surface area (Å²) < 4.78 is 28.1. The van der Waals surface area contributed by atoms with Crippen molar-refractivity contribution < 1.29 is 13.2 Å². The molecule has 5 nitrogen and oxygen atoms in total. The Hall–Kier alpha value is -1.40. The minimum Gasteiger partial charge on any atom is -0.355 e. The molecule has 6 aliphatic rings. The molecule has 1 amide bonds. The molecule has 1 saturated heterocycles. The second kappa shape index (κ2) is 8.37. The first-order chi connectivity index (χ1) is 15.9. The van der Waals surface area contributed by atoms with Crippen molar-refractivity contribution in [3.63, 3.8) is 0 Å². The van der Waals surface area contributed by atoms with E-state index in [1.807, 2.05) is 12.1 Å². The summed E-state index contributed by atoms with van der Waals surface area (Å²) in [4.78, 5) is 13.4. The average Bonchev–Trinajstić information content (AvgIpc) is 2.81. The van der Waals surface area contributed by atoms with Gasteiger partial charge in [0.05, 0.1) is 4.90 Å². The lowest BCUT2D eigenvalue weighted by Gasteiger charge is -2.57.